The van der Waals surface area contributed by atoms with Crippen molar-refractivity contribution in [2.24, 2.45) is 0 Å². The maximum absolute atomic E-state index is 10.8. The molecule has 56 valence electrons. The van der Waals surface area contributed by atoms with E-state index in [0.717, 1.165) is 0 Å². The molecule has 0 atom stereocenters. The van der Waals surface area contributed by atoms with Gasteiger partial charge < -0.3 is 5.11 Å². The molecule has 0 bridgehead atoms. The highest BCUT2D eigenvalue weighted by molar-refractivity contribution is 5.64. The third-order valence-electron chi connectivity index (χ3n) is 0.249. The molecule has 3 nitrogen and oxygen atoms in total. The maximum Gasteiger partial charge on any atom is 0.487 e. The average Bonchev–Trinajstić information content (AvgIpc) is 1.21. The van der Waals surface area contributed by atoms with Gasteiger partial charge in [-0.1, -0.05) is 0 Å². The van der Waals surface area contributed by atoms with Crippen molar-refractivity contribution in [3.05, 3.63) is 0 Å². The van der Waals surface area contributed by atoms with Crippen molar-refractivity contribution < 1.29 is 27.8 Å². The van der Waals surface area contributed by atoms with Crippen LogP contribution >= 0.6 is 0 Å². The van der Waals surface area contributed by atoms with E-state index in [9.17, 15) is 18.0 Å². The normalized spacial score (nSPS) is 9.67. The molecule has 0 spiro atoms. The van der Waals surface area contributed by atoms with E-state index in [2.05, 4.69) is 0 Å². The van der Waals surface area contributed by atoms with E-state index in [4.69, 9.17) is 5.11 Å². The summed E-state index contributed by atoms with van der Waals surface area (Å²) in [7, 11) is 0. The van der Waals surface area contributed by atoms with E-state index < -0.39 is 12.4 Å². The van der Waals surface area contributed by atoms with E-state index in [1.165, 1.54) is 0 Å². The first kappa shape index (κ1) is 10.9. The van der Waals surface area contributed by atoms with Gasteiger partial charge in [0.2, 0.25) is 0 Å². The Hall–Kier alpha value is -1.01. The summed E-state index contributed by atoms with van der Waals surface area (Å²) in [5, 5.41) is 7.72. The van der Waals surface area contributed by atoms with Crippen LogP contribution in [0.2, 0.25) is 0 Å². The molecule has 0 aromatic heterocycles. The van der Waals surface area contributed by atoms with Gasteiger partial charge in [-0.2, -0.15) is 13.2 Å². The molecule has 0 radical (unpaired) electrons. The molecule has 2 N–H and O–H groups in total. The Morgan fingerprint density at radius 3 is 1.78 bits per heavy atom. The molecule has 0 heterocycles. The second kappa shape index (κ2) is 3.10. The van der Waals surface area contributed by atoms with Crippen molar-refractivity contribution in [3.8, 4) is 0 Å². The van der Waals surface area contributed by atoms with Crippen LogP contribution in [0.3, 0.4) is 0 Å². The van der Waals surface area contributed by atoms with Gasteiger partial charge in [-0.05, 0) is 0 Å². The summed E-state index contributed by atoms with van der Waals surface area (Å²) in [5.41, 5.74) is 0. The van der Waals surface area contributed by atoms with Crippen LogP contribution in [0.4, 0.5) is 22.7 Å². The monoisotopic (exact) mass is 149 g/mol. The Balaban J connectivity index is 0. The van der Waals surface area contributed by atoms with Gasteiger partial charge in [0, 0.05) is 0 Å². The van der Waals surface area contributed by atoms with Crippen molar-refractivity contribution >= 4 is 6.09 Å². The van der Waals surface area contributed by atoms with Crippen molar-refractivity contribution in [2.45, 2.75) is 6.30 Å². The Kier molecular flexibility index (Phi) is 3.75. The van der Waals surface area contributed by atoms with Gasteiger partial charge in [-0.3, -0.25) is 4.70 Å². The van der Waals surface area contributed by atoms with E-state index in [-0.39, 0.29) is 4.70 Å². The summed E-state index contributed by atoms with van der Waals surface area (Å²) < 4.78 is 32.4. The zero-order chi connectivity index (χ0) is 6.78. The number of amides is 1. The first-order valence-electron chi connectivity index (χ1n) is 1.49. The van der Waals surface area contributed by atoms with Crippen molar-refractivity contribution in [1.82, 2.24) is 5.32 Å². The molecule has 0 aliphatic rings. The minimum atomic E-state index is -4.83. The number of alkyl halides is 3. The van der Waals surface area contributed by atoms with Gasteiger partial charge in [-0.25, -0.2) is 10.1 Å². The SMILES string of the molecule is F.O=C(O)NC(F)(F)F. The van der Waals surface area contributed by atoms with Crippen molar-refractivity contribution in [1.29, 1.82) is 0 Å². The van der Waals surface area contributed by atoms with Gasteiger partial charge in [-0.15, -0.1) is 0 Å². The fourth-order valence-corrected chi connectivity index (χ4v) is 0.121. The molecule has 0 unspecified atom stereocenters. The highest BCUT2D eigenvalue weighted by atomic mass is 19.4. The number of carboxylic acid groups (broad SMARTS) is 1. The van der Waals surface area contributed by atoms with Gasteiger partial charge in [0.25, 0.3) is 0 Å². The molecule has 0 fully saturated rings. The highest BCUT2D eigenvalue weighted by Gasteiger charge is 2.29. The molecule has 7 heteroatoms. The third-order valence-corrected chi connectivity index (χ3v) is 0.249. The third kappa shape index (κ3) is 10.9. The molecular formula is C2H3F4NO2. The molecular weight excluding hydrogens is 146 g/mol. The molecule has 0 aliphatic heterocycles. The first-order valence-corrected chi connectivity index (χ1v) is 1.49. The standard InChI is InChI=1S/C2H2F3NO2.FH/c3-2(4,5)6-1(7)8;/h6H,(H,7,8);1H. The van der Waals surface area contributed by atoms with Gasteiger partial charge >= 0.3 is 12.4 Å². The summed E-state index contributed by atoms with van der Waals surface area (Å²) in [6.45, 7) is 0. The molecule has 1 amide bonds. The van der Waals surface area contributed by atoms with Crippen LogP contribution in [-0.4, -0.2) is 17.5 Å². The van der Waals surface area contributed by atoms with Crippen molar-refractivity contribution in [2.75, 3.05) is 0 Å². The fraction of sp³-hybridized carbons (Fsp3) is 0.500. The first-order chi connectivity index (χ1) is 3.42. The topological polar surface area (TPSA) is 49.3 Å². The minimum Gasteiger partial charge on any atom is -0.465 e. The average molecular weight is 149 g/mol. The van der Waals surface area contributed by atoms with Crippen LogP contribution in [0, 0.1) is 0 Å². The lowest BCUT2D eigenvalue weighted by Gasteiger charge is -2.01. The lowest BCUT2D eigenvalue weighted by molar-refractivity contribution is -0.148. The van der Waals surface area contributed by atoms with E-state index in [1.807, 2.05) is 0 Å². The van der Waals surface area contributed by atoms with E-state index in [0.29, 0.717) is 5.32 Å². The summed E-state index contributed by atoms with van der Waals surface area (Å²) in [5.74, 6) is 0. The largest absolute Gasteiger partial charge is 0.487 e. The number of carbonyl (C=O) groups is 1. The summed E-state index contributed by atoms with van der Waals surface area (Å²) in [4.78, 5) is 9.18. The van der Waals surface area contributed by atoms with Gasteiger partial charge in [0.1, 0.15) is 0 Å². The van der Waals surface area contributed by atoms with Crippen LogP contribution < -0.4 is 5.32 Å². The Morgan fingerprint density at radius 2 is 1.78 bits per heavy atom. The molecule has 0 aromatic carbocycles. The molecule has 0 rings (SSSR count). The number of nitrogens with one attached hydrogen (secondary N) is 1. The Bertz CT molecular complexity index is 99.2. The number of rotatable bonds is 0. The molecule has 0 aromatic rings. The van der Waals surface area contributed by atoms with Crippen molar-refractivity contribution in [3.63, 3.8) is 0 Å². The predicted octanol–water partition coefficient (Wildman–Crippen LogP) is 0.926. The maximum atomic E-state index is 10.8. The van der Waals surface area contributed by atoms with Crippen LogP contribution in [-0.2, 0) is 0 Å². The predicted molar refractivity (Wildman–Crippen MR) is 19.7 cm³/mol. The lowest BCUT2D eigenvalue weighted by Crippen LogP contribution is -2.35. The summed E-state index contributed by atoms with van der Waals surface area (Å²) >= 11 is 0. The molecule has 0 saturated carbocycles. The zero-order valence-corrected chi connectivity index (χ0v) is 3.90. The van der Waals surface area contributed by atoms with Gasteiger partial charge in [0.05, 0.1) is 0 Å². The zero-order valence-electron chi connectivity index (χ0n) is 3.90. The van der Waals surface area contributed by atoms with Crippen LogP contribution in [0.5, 0.6) is 0 Å². The van der Waals surface area contributed by atoms with Crippen LogP contribution in [0.25, 0.3) is 0 Å². The number of hydrogen-bond acceptors (Lipinski definition) is 1. The summed E-state index contributed by atoms with van der Waals surface area (Å²) in [6.07, 6.45) is -6.93. The van der Waals surface area contributed by atoms with Crippen LogP contribution in [0.1, 0.15) is 0 Å². The van der Waals surface area contributed by atoms with E-state index >= 15 is 0 Å². The molecule has 0 saturated heterocycles. The van der Waals surface area contributed by atoms with Crippen LogP contribution in [0.15, 0.2) is 0 Å². The minimum absolute atomic E-state index is 0. The molecule has 9 heavy (non-hydrogen) atoms. The lowest BCUT2D eigenvalue weighted by atomic mass is 11.0. The summed E-state index contributed by atoms with van der Waals surface area (Å²) in [6, 6.07) is 0. The van der Waals surface area contributed by atoms with E-state index in [1.54, 1.807) is 0 Å². The smallest absolute Gasteiger partial charge is 0.465 e. The number of halogens is 4. The second-order valence-electron chi connectivity index (χ2n) is 0.928. The number of hydrogen-bond donors (Lipinski definition) is 2. The quantitative estimate of drug-likeness (QED) is 0.397. The highest BCUT2D eigenvalue weighted by Crippen LogP contribution is 2.08. The van der Waals surface area contributed by atoms with Gasteiger partial charge in [0.15, 0.2) is 0 Å². The second-order valence-corrected chi connectivity index (χ2v) is 0.928. The fourth-order valence-electron chi connectivity index (χ4n) is 0.121. The Morgan fingerprint density at radius 1 is 1.44 bits per heavy atom. The Labute approximate surface area is 46.8 Å². The molecule has 0 aliphatic carbocycles.